The van der Waals surface area contributed by atoms with Crippen LogP contribution in [0.15, 0.2) is 36.4 Å². The van der Waals surface area contributed by atoms with E-state index in [1.807, 2.05) is 43.3 Å². The molecule has 1 aromatic heterocycles. The number of nitrogens with zero attached hydrogens (tertiary/aromatic N) is 2. The van der Waals surface area contributed by atoms with Crippen molar-refractivity contribution in [2.45, 2.75) is 26.3 Å². The Hall–Kier alpha value is -1.75. The van der Waals surface area contributed by atoms with Crippen LogP contribution < -0.4 is 10.4 Å². The van der Waals surface area contributed by atoms with Crippen LogP contribution in [0.4, 0.5) is 5.82 Å². The Kier molecular flexibility index (Phi) is 5.29. The standard InChI is InChI=1S/C15H20N3O3P/c1-12-11-14(13-7-3-2-4-8-13)17-18(15(12)16)9-5-6-10-22(19,20)21/h2-4,7-8,11,16H,5-6,9-10H2,1H3,(H2,19,20,21)/p+1. The number of nitrogen functional groups attached to an aromatic ring is 1. The molecule has 1 aromatic carbocycles. The van der Waals surface area contributed by atoms with Gasteiger partial charge in [-0.3, -0.25) is 10.3 Å². The summed E-state index contributed by atoms with van der Waals surface area (Å²) in [7, 11) is -3.93. The van der Waals surface area contributed by atoms with E-state index in [-0.39, 0.29) is 6.16 Å². The van der Waals surface area contributed by atoms with Crippen molar-refractivity contribution in [2.75, 3.05) is 11.9 Å². The number of unbranched alkanes of at least 4 members (excludes halogenated alkanes) is 1. The fraction of sp³-hybridized carbons (Fsp3) is 0.333. The molecule has 0 radical (unpaired) electrons. The molecular weight excluding hydrogens is 301 g/mol. The van der Waals surface area contributed by atoms with E-state index in [0.29, 0.717) is 25.2 Å². The average Bonchev–Trinajstić information content (AvgIpc) is 2.47. The number of hydrogen-bond donors (Lipinski definition) is 3. The summed E-state index contributed by atoms with van der Waals surface area (Å²) in [6, 6.07) is 11.8. The summed E-state index contributed by atoms with van der Waals surface area (Å²) in [4.78, 5) is 17.7. The molecule has 0 aliphatic carbocycles. The van der Waals surface area contributed by atoms with Gasteiger partial charge in [0.05, 0.1) is 0 Å². The first-order chi connectivity index (χ1) is 10.4. The van der Waals surface area contributed by atoms with Crippen LogP contribution in [-0.4, -0.2) is 21.0 Å². The molecule has 118 valence electrons. The lowest BCUT2D eigenvalue weighted by Crippen LogP contribution is -2.42. The Bertz CT molecular complexity index is 686. The van der Waals surface area contributed by atoms with Crippen LogP contribution in [0.2, 0.25) is 0 Å². The Balaban J connectivity index is 2.14. The highest BCUT2D eigenvalue weighted by molar-refractivity contribution is 7.51. The van der Waals surface area contributed by atoms with Gasteiger partial charge in [-0.2, -0.15) is 0 Å². The van der Waals surface area contributed by atoms with Crippen molar-refractivity contribution in [1.29, 1.82) is 0 Å². The highest BCUT2D eigenvalue weighted by atomic mass is 31.2. The predicted octanol–water partition coefficient (Wildman–Crippen LogP) is 1.88. The van der Waals surface area contributed by atoms with E-state index < -0.39 is 7.60 Å². The molecule has 2 rings (SSSR count). The number of rotatable bonds is 6. The molecule has 0 amide bonds. The first kappa shape index (κ1) is 16.6. The zero-order valence-corrected chi connectivity index (χ0v) is 13.4. The Morgan fingerprint density at radius 3 is 2.55 bits per heavy atom. The first-order valence-corrected chi connectivity index (χ1v) is 8.94. The van der Waals surface area contributed by atoms with Gasteiger partial charge in [-0.15, -0.1) is 4.68 Å². The van der Waals surface area contributed by atoms with Gasteiger partial charge < -0.3 is 9.79 Å². The lowest BCUT2D eigenvalue weighted by atomic mass is 10.1. The second kappa shape index (κ2) is 7.01. The Labute approximate surface area is 129 Å². The van der Waals surface area contributed by atoms with E-state index in [1.165, 1.54) is 0 Å². The lowest BCUT2D eigenvalue weighted by Gasteiger charge is -2.08. The number of benzene rings is 1. The molecular formula is C15H21N3O3P+. The monoisotopic (exact) mass is 322 g/mol. The third-order valence-electron chi connectivity index (χ3n) is 3.40. The SMILES string of the molecule is Cc1cc(-c2ccccc2)n[n+](CCCCP(=O)(O)O)c1N. The van der Waals surface area contributed by atoms with E-state index in [2.05, 4.69) is 5.10 Å². The van der Waals surface area contributed by atoms with Gasteiger partial charge in [0.15, 0.2) is 0 Å². The van der Waals surface area contributed by atoms with E-state index >= 15 is 0 Å². The quantitative estimate of drug-likeness (QED) is 0.428. The fourth-order valence-electron chi connectivity index (χ4n) is 2.20. The summed E-state index contributed by atoms with van der Waals surface area (Å²) in [5.41, 5.74) is 8.82. The van der Waals surface area contributed by atoms with Crippen LogP contribution >= 0.6 is 7.60 Å². The second-order valence-electron chi connectivity index (χ2n) is 5.28. The molecule has 0 bridgehead atoms. The smallest absolute Gasteiger partial charge is 0.324 e. The maximum atomic E-state index is 10.9. The molecule has 1 heterocycles. The van der Waals surface area contributed by atoms with Crippen LogP contribution in [0.25, 0.3) is 11.3 Å². The zero-order valence-electron chi connectivity index (χ0n) is 12.5. The van der Waals surface area contributed by atoms with Crippen molar-refractivity contribution < 1.29 is 19.0 Å². The maximum absolute atomic E-state index is 10.9. The maximum Gasteiger partial charge on any atom is 0.325 e. The molecule has 0 saturated carbocycles. The minimum Gasteiger partial charge on any atom is -0.324 e. The lowest BCUT2D eigenvalue weighted by molar-refractivity contribution is -0.740. The normalized spacial score (nSPS) is 11.6. The molecule has 0 aliphatic heterocycles. The van der Waals surface area contributed by atoms with Gasteiger partial charge in [-0.25, -0.2) is 0 Å². The number of aryl methyl sites for hydroxylation is 2. The number of aromatic nitrogens is 2. The van der Waals surface area contributed by atoms with E-state index in [0.717, 1.165) is 16.8 Å². The fourth-order valence-corrected chi connectivity index (χ4v) is 2.83. The van der Waals surface area contributed by atoms with Crippen LogP contribution in [0.5, 0.6) is 0 Å². The Morgan fingerprint density at radius 1 is 1.23 bits per heavy atom. The van der Waals surface area contributed by atoms with Gasteiger partial charge in [0.2, 0.25) is 0 Å². The molecule has 7 heteroatoms. The highest BCUT2D eigenvalue weighted by Crippen LogP contribution is 2.35. The van der Waals surface area contributed by atoms with Gasteiger partial charge in [0.25, 0.3) is 5.82 Å². The topological polar surface area (TPSA) is 100 Å². The van der Waals surface area contributed by atoms with Crippen LogP contribution in [0.3, 0.4) is 0 Å². The minimum absolute atomic E-state index is 0.106. The van der Waals surface area contributed by atoms with E-state index in [9.17, 15) is 4.57 Å². The largest absolute Gasteiger partial charge is 0.325 e. The summed E-state index contributed by atoms with van der Waals surface area (Å²) in [6.45, 7) is 2.46. The van der Waals surface area contributed by atoms with Gasteiger partial charge in [-0.1, -0.05) is 35.4 Å². The number of anilines is 1. The van der Waals surface area contributed by atoms with Gasteiger partial charge in [0.1, 0.15) is 12.2 Å². The molecule has 0 fully saturated rings. The van der Waals surface area contributed by atoms with E-state index in [4.69, 9.17) is 15.5 Å². The number of hydrogen-bond acceptors (Lipinski definition) is 3. The van der Waals surface area contributed by atoms with Crippen molar-refractivity contribution in [2.24, 2.45) is 0 Å². The zero-order chi connectivity index (χ0) is 16.2. The molecule has 0 atom stereocenters. The molecule has 4 N–H and O–H groups in total. The molecule has 0 unspecified atom stereocenters. The average molecular weight is 322 g/mol. The van der Waals surface area contributed by atoms with Crippen molar-refractivity contribution >= 4 is 13.4 Å². The third kappa shape index (κ3) is 4.63. The highest BCUT2D eigenvalue weighted by Gasteiger charge is 2.15. The second-order valence-corrected chi connectivity index (χ2v) is 7.06. The van der Waals surface area contributed by atoms with Crippen molar-refractivity contribution in [3.8, 4) is 11.3 Å². The molecule has 6 nitrogen and oxygen atoms in total. The summed E-state index contributed by atoms with van der Waals surface area (Å²) in [6.07, 6.45) is 0.947. The molecule has 22 heavy (non-hydrogen) atoms. The first-order valence-electron chi connectivity index (χ1n) is 7.14. The predicted molar refractivity (Wildman–Crippen MR) is 85.2 cm³/mol. The molecule has 0 spiro atoms. The van der Waals surface area contributed by atoms with Gasteiger partial charge in [-0.05, 0) is 25.8 Å². The summed E-state index contributed by atoms with van der Waals surface area (Å²) >= 11 is 0. The van der Waals surface area contributed by atoms with Gasteiger partial charge in [0, 0.05) is 17.3 Å². The summed E-state index contributed by atoms with van der Waals surface area (Å²) in [5, 5.41) is 4.53. The Morgan fingerprint density at radius 2 is 1.91 bits per heavy atom. The molecule has 2 aromatic rings. The van der Waals surface area contributed by atoms with Crippen molar-refractivity contribution in [3.05, 3.63) is 42.0 Å². The van der Waals surface area contributed by atoms with Crippen molar-refractivity contribution in [3.63, 3.8) is 0 Å². The van der Waals surface area contributed by atoms with Crippen LogP contribution in [0, 0.1) is 6.92 Å². The van der Waals surface area contributed by atoms with Crippen molar-refractivity contribution in [1.82, 2.24) is 5.10 Å². The summed E-state index contributed by atoms with van der Waals surface area (Å²) < 4.78 is 12.6. The third-order valence-corrected chi connectivity index (χ3v) is 4.30. The molecule has 0 aliphatic rings. The van der Waals surface area contributed by atoms with E-state index in [1.54, 1.807) is 4.68 Å². The number of nitrogens with two attached hydrogens (primary N) is 1. The minimum atomic E-state index is -3.93. The molecule has 0 saturated heterocycles. The van der Waals surface area contributed by atoms with Crippen LogP contribution in [-0.2, 0) is 11.1 Å². The van der Waals surface area contributed by atoms with Gasteiger partial charge >= 0.3 is 7.60 Å². The van der Waals surface area contributed by atoms with Crippen LogP contribution in [0.1, 0.15) is 18.4 Å². The summed E-state index contributed by atoms with van der Waals surface area (Å²) in [5.74, 6) is 0.580.